The van der Waals surface area contributed by atoms with Crippen LogP contribution in [-0.2, 0) is 9.84 Å². The van der Waals surface area contributed by atoms with Gasteiger partial charge in [-0.3, -0.25) is 0 Å². The molecule has 1 aromatic rings. The molecule has 1 rings (SSSR count). The summed E-state index contributed by atoms with van der Waals surface area (Å²) in [6, 6.07) is 4.36. The Labute approximate surface area is 115 Å². The van der Waals surface area contributed by atoms with Gasteiger partial charge in [-0.2, -0.15) is 0 Å². The Hall–Kier alpha value is -0.940. The van der Waals surface area contributed by atoms with E-state index in [0.717, 1.165) is 5.56 Å². The fourth-order valence-corrected chi connectivity index (χ4v) is 2.68. The van der Waals surface area contributed by atoms with Gasteiger partial charge in [0.05, 0.1) is 10.8 Å². The number of halogens is 1. The number of hydrogen-bond donors (Lipinski definition) is 1. The van der Waals surface area contributed by atoms with Gasteiger partial charge in [-0.25, -0.2) is 12.8 Å². The largest absolute Gasteiger partial charge is 0.309 e. The summed E-state index contributed by atoms with van der Waals surface area (Å²) in [6.45, 7) is 7.61. The number of rotatable bonds is 5. The molecule has 0 aliphatic carbocycles. The van der Waals surface area contributed by atoms with Gasteiger partial charge in [-0.05, 0) is 44.5 Å². The van der Waals surface area contributed by atoms with Gasteiger partial charge in [-0.15, -0.1) is 0 Å². The third-order valence-corrected chi connectivity index (χ3v) is 5.72. The number of hydrogen-bond acceptors (Lipinski definition) is 3. The maximum atomic E-state index is 13.3. The van der Waals surface area contributed by atoms with E-state index in [0.29, 0.717) is 12.1 Å². The highest BCUT2D eigenvalue weighted by atomic mass is 32.2. The molecule has 0 bridgehead atoms. The van der Waals surface area contributed by atoms with Gasteiger partial charge in [0.2, 0.25) is 0 Å². The normalized spacial score (nSPS) is 14.4. The minimum Gasteiger partial charge on any atom is -0.309 e. The van der Waals surface area contributed by atoms with Gasteiger partial charge in [0.15, 0.2) is 9.84 Å². The van der Waals surface area contributed by atoms with Crippen molar-refractivity contribution in [2.45, 2.75) is 38.5 Å². The Morgan fingerprint density at radius 3 is 2.37 bits per heavy atom. The minimum atomic E-state index is -3.25. The van der Waals surface area contributed by atoms with Crippen molar-refractivity contribution in [3.63, 3.8) is 0 Å². The number of nitrogens with one attached hydrogen (secondary N) is 1. The predicted octanol–water partition coefficient (Wildman–Crippen LogP) is 2.61. The fourth-order valence-electron chi connectivity index (χ4n) is 2.03. The van der Waals surface area contributed by atoms with E-state index in [2.05, 4.69) is 5.32 Å². The van der Waals surface area contributed by atoms with Crippen LogP contribution in [0.25, 0.3) is 0 Å². The smallest absolute Gasteiger partial charge is 0.154 e. The van der Waals surface area contributed by atoms with Gasteiger partial charge in [-0.1, -0.05) is 19.1 Å². The van der Waals surface area contributed by atoms with Crippen molar-refractivity contribution < 1.29 is 12.8 Å². The topological polar surface area (TPSA) is 46.2 Å². The number of benzene rings is 1. The van der Waals surface area contributed by atoms with E-state index in [9.17, 15) is 12.8 Å². The fraction of sp³-hybridized carbons (Fsp3) is 0.571. The van der Waals surface area contributed by atoms with Crippen LogP contribution in [0.1, 0.15) is 37.9 Å². The Balaban J connectivity index is 3.32. The molecule has 108 valence electrons. The highest BCUT2D eigenvalue weighted by Crippen LogP contribution is 2.32. The van der Waals surface area contributed by atoms with Crippen molar-refractivity contribution >= 4 is 9.84 Å². The summed E-state index contributed by atoms with van der Waals surface area (Å²) in [6.07, 6.45) is 1.23. The molecule has 0 fully saturated rings. The molecule has 1 unspecified atom stereocenters. The summed E-state index contributed by atoms with van der Waals surface area (Å²) >= 11 is 0. The van der Waals surface area contributed by atoms with Crippen LogP contribution >= 0.6 is 0 Å². The van der Waals surface area contributed by atoms with Crippen molar-refractivity contribution in [1.82, 2.24) is 5.32 Å². The lowest BCUT2D eigenvalue weighted by molar-refractivity contribution is 0.427. The molecule has 0 aromatic heterocycles. The Morgan fingerprint density at radius 2 is 1.95 bits per heavy atom. The number of sulfone groups is 1. The van der Waals surface area contributed by atoms with Crippen LogP contribution in [0.5, 0.6) is 0 Å². The molecule has 0 heterocycles. The van der Waals surface area contributed by atoms with Crippen molar-refractivity contribution in [3.8, 4) is 0 Å². The highest BCUT2D eigenvalue weighted by Gasteiger charge is 2.39. The van der Waals surface area contributed by atoms with Crippen molar-refractivity contribution in [1.29, 1.82) is 0 Å². The molecule has 19 heavy (non-hydrogen) atoms. The van der Waals surface area contributed by atoms with E-state index in [-0.39, 0.29) is 11.9 Å². The van der Waals surface area contributed by atoms with Gasteiger partial charge in [0.25, 0.3) is 0 Å². The van der Waals surface area contributed by atoms with Crippen molar-refractivity contribution in [3.05, 3.63) is 35.1 Å². The molecule has 0 aliphatic heterocycles. The van der Waals surface area contributed by atoms with Crippen LogP contribution in [0.15, 0.2) is 18.2 Å². The van der Waals surface area contributed by atoms with Crippen molar-refractivity contribution in [2.24, 2.45) is 0 Å². The zero-order valence-corrected chi connectivity index (χ0v) is 12.9. The van der Waals surface area contributed by atoms with Crippen LogP contribution < -0.4 is 5.32 Å². The molecule has 5 heteroatoms. The van der Waals surface area contributed by atoms with Crippen LogP contribution in [0.2, 0.25) is 0 Å². The lowest BCUT2D eigenvalue weighted by Gasteiger charge is -2.33. The molecule has 0 amide bonds. The average molecular weight is 287 g/mol. The summed E-state index contributed by atoms with van der Waals surface area (Å²) in [5.74, 6) is -0.281. The second-order valence-corrected chi connectivity index (χ2v) is 7.97. The second-order valence-electron chi connectivity index (χ2n) is 5.37. The first-order valence-electron chi connectivity index (χ1n) is 6.30. The maximum absolute atomic E-state index is 13.3. The molecule has 1 aromatic carbocycles. The third kappa shape index (κ3) is 3.34. The summed E-state index contributed by atoms with van der Waals surface area (Å²) in [7, 11) is -3.25. The zero-order chi connectivity index (χ0) is 14.8. The van der Waals surface area contributed by atoms with E-state index in [4.69, 9.17) is 0 Å². The average Bonchev–Trinajstić information content (AvgIpc) is 2.28. The summed E-state index contributed by atoms with van der Waals surface area (Å²) in [5, 5.41) is 3.19. The molecule has 1 atom stereocenters. The summed E-state index contributed by atoms with van der Waals surface area (Å²) < 4.78 is 36.3. The third-order valence-electron chi connectivity index (χ3n) is 3.57. The Bertz CT molecular complexity index is 553. The first kappa shape index (κ1) is 16.1. The Kier molecular flexibility index (Phi) is 4.74. The summed E-state index contributed by atoms with van der Waals surface area (Å²) in [4.78, 5) is 0. The SMILES string of the molecule is CCNC(c1ccc(F)c(C)c1)C(C)(C)S(C)(=O)=O. The Morgan fingerprint density at radius 1 is 1.37 bits per heavy atom. The molecule has 0 radical (unpaired) electrons. The molecule has 1 N–H and O–H groups in total. The predicted molar refractivity (Wildman–Crippen MR) is 76.5 cm³/mol. The van der Waals surface area contributed by atoms with E-state index in [1.54, 1.807) is 32.9 Å². The van der Waals surface area contributed by atoms with E-state index < -0.39 is 14.6 Å². The molecular weight excluding hydrogens is 265 g/mol. The van der Waals surface area contributed by atoms with E-state index >= 15 is 0 Å². The van der Waals surface area contributed by atoms with Crippen LogP contribution in [0, 0.1) is 12.7 Å². The maximum Gasteiger partial charge on any atom is 0.154 e. The lowest BCUT2D eigenvalue weighted by atomic mass is 9.94. The van der Waals surface area contributed by atoms with Gasteiger partial charge < -0.3 is 5.32 Å². The summed E-state index contributed by atoms with van der Waals surface area (Å²) in [5.41, 5.74) is 1.31. The molecule has 0 aliphatic rings. The standard InChI is InChI=1S/C14H22FNO2S/c1-6-16-13(14(3,4)19(5,17)18)11-7-8-12(15)10(2)9-11/h7-9,13,16H,6H2,1-5H3. The highest BCUT2D eigenvalue weighted by molar-refractivity contribution is 7.92. The van der Waals surface area contributed by atoms with Crippen LogP contribution in [0.4, 0.5) is 4.39 Å². The van der Waals surface area contributed by atoms with Crippen molar-refractivity contribution in [2.75, 3.05) is 12.8 Å². The molecule has 0 saturated heterocycles. The van der Waals surface area contributed by atoms with E-state index in [1.165, 1.54) is 12.3 Å². The molecular formula is C14H22FNO2S. The molecule has 3 nitrogen and oxygen atoms in total. The first-order valence-corrected chi connectivity index (χ1v) is 8.19. The monoisotopic (exact) mass is 287 g/mol. The molecule has 0 spiro atoms. The van der Waals surface area contributed by atoms with Gasteiger partial charge >= 0.3 is 0 Å². The number of aryl methyl sites for hydroxylation is 1. The second kappa shape index (κ2) is 5.59. The van der Waals surface area contributed by atoms with Gasteiger partial charge in [0, 0.05) is 6.26 Å². The van der Waals surface area contributed by atoms with Crippen LogP contribution in [-0.4, -0.2) is 26.0 Å². The quantitative estimate of drug-likeness (QED) is 0.905. The zero-order valence-electron chi connectivity index (χ0n) is 12.1. The van der Waals surface area contributed by atoms with Gasteiger partial charge in [0.1, 0.15) is 5.82 Å². The molecule has 0 saturated carbocycles. The van der Waals surface area contributed by atoms with E-state index in [1.807, 2.05) is 6.92 Å². The lowest BCUT2D eigenvalue weighted by Crippen LogP contribution is -2.45. The minimum absolute atomic E-state index is 0.281. The first-order chi connectivity index (χ1) is 8.61. The van der Waals surface area contributed by atoms with Crippen LogP contribution in [0.3, 0.4) is 0 Å².